The van der Waals surface area contributed by atoms with E-state index in [2.05, 4.69) is 5.32 Å². The van der Waals surface area contributed by atoms with Crippen molar-refractivity contribution in [3.63, 3.8) is 0 Å². The Morgan fingerprint density at radius 3 is 2.31 bits per heavy atom. The third kappa shape index (κ3) is 6.79. The second-order valence-corrected chi connectivity index (χ2v) is 10.3. The maximum Gasteiger partial charge on any atom is 0.294 e. The predicted molar refractivity (Wildman–Crippen MR) is 128 cm³/mol. The van der Waals surface area contributed by atoms with Gasteiger partial charge in [0.1, 0.15) is 30.2 Å². The Kier molecular flexibility index (Phi) is 9.06. The number of ether oxygens (including phenoxy) is 2. The standard InChI is InChI=1S/C24H31NO10S/c1-13(2)17-9-6-15(11-19(17)36(31,32)33)25-20(27)10-5-14-3-7-16(8-4-14)34-24-23(30)22(29)21(28)18(12-26)35-24/h3-4,6-9,11,13,18,21-24,26,28-30H,5,10,12H2,1-2H3,(H,25,27)(H,31,32,33)/t18?,21-,22?,23?,24+/m0/s1. The van der Waals surface area contributed by atoms with Crippen LogP contribution < -0.4 is 10.1 Å². The largest absolute Gasteiger partial charge is 0.462 e. The average Bonchev–Trinajstić information content (AvgIpc) is 2.83. The van der Waals surface area contributed by atoms with Crippen molar-refractivity contribution in [2.24, 2.45) is 0 Å². The molecular formula is C24H31NO10S. The molecule has 6 N–H and O–H groups in total. The van der Waals surface area contributed by atoms with Crippen molar-refractivity contribution >= 4 is 21.7 Å². The molecule has 12 heteroatoms. The highest BCUT2D eigenvalue weighted by molar-refractivity contribution is 7.85. The minimum Gasteiger partial charge on any atom is -0.462 e. The number of carbonyl (C=O) groups is 1. The number of hydrogen-bond donors (Lipinski definition) is 6. The Bertz CT molecular complexity index is 1150. The van der Waals surface area contributed by atoms with E-state index in [0.717, 1.165) is 5.56 Å². The third-order valence-electron chi connectivity index (χ3n) is 5.86. The summed E-state index contributed by atoms with van der Waals surface area (Å²) in [5.74, 6) is -0.190. The highest BCUT2D eigenvalue weighted by atomic mass is 32.2. The Morgan fingerprint density at radius 2 is 1.72 bits per heavy atom. The van der Waals surface area contributed by atoms with Gasteiger partial charge < -0.3 is 35.2 Å². The molecule has 2 aromatic carbocycles. The first-order valence-corrected chi connectivity index (χ1v) is 12.8. The molecule has 36 heavy (non-hydrogen) atoms. The normalized spacial score (nSPS) is 24.5. The van der Waals surface area contributed by atoms with Gasteiger partial charge in [-0.2, -0.15) is 8.42 Å². The van der Waals surface area contributed by atoms with Gasteiger partial charge >= 0.3 is 0 Å². The second kappa shape index (κ2) is 11.6. The topological polar surface area (TPSA) is 183 Å². The minimum atomic E-state index is -4.45. The summed E-state index contributed by atoms with van der Waals surface area (Å²) in [4.78, 5) is 12.1. The molecule has 2 aromatic rings. The summed E-state index contributed by atoms with van der Waals surface area (Å²) < 4.78 is 43.8. The molecule has 1 fully saturated rings. The second-order valence-electron chi connectivity index (χ2n) is 8.89. The van der Waals surface area contributed by atoms with E-state index in [9.17, 15) is 38.2 Å². The van der Waals surface area contributed by atoms with Gasteiger partial charge in [-0.05, 0) is 47.7 Å². The van der Waals surface area contributed by atoms with E-state index >= 15 is 0 Å². The van der Waals surface area contributed by atoms with E-state index in [1.54, 1.807) is 50.2 Å². The molecule has 0 radical (unpaired) electrons. The van der Waals surface area contributed by atoms with E-state index in [1.807, 2.05) is 0 Å². The Balaban J connectivity index is 1.57. The molecule has 1 aliphatic heterocycles. The van der Waals surface area contributed by atoms with Gasteiger partial charge in [-0.3, -0.25) is 9.35 Å². The third-order valence-corrected chi connectivity index (χ3v) is 6.77. The van der Waals surface area contributed by atoms with Crippen LogP contribution in [0.3, 0.4) is 0 Å². The van der Waals surface area contributed by atoms with Crippen LogP contribution in [-0.4, -0.2) is 76.6 Å². The van der Waals surface area contributed by atoms with Crippen molar-refractivity contribution in [1.82, 2.24) is 0 Å². The van der Waals surface area contributed by atoms with Gasteiger partial charge in [0.25, 0.3) is 10.1 Å². The average molecular weight is 526 g/mol. The maximum atomic E-state index is 12.4. The number of aliphatic hydroxyl groups excluding tert-OH is 4. The Labute approximate surface area is 209 Å². The lowest BCUT2D eigenvalue weighted by Crippen LogP contribution is -2.60. The number of carbonyl (C=O) groups excluding carboxylic acids is 1. The number of rotatable bonds is 9. The summed E-state index contributed by atoms with van der Waals surface area (Å²) >= 11 is 0. The summed E-state index contributed by atoms with van der Waals surface area (Å²) in [6, 6.07) is 10.9. The molecular weight excluding hydrogens is 494 g/mol. The minimum absolute atomic E-state index is 0.0973. The fourth-order valence-corrected chi connectivity index (χ4v) is 4.70. The van der Waals surface area contributed by atoms with Crippen LogP contribution in [-0.2, 0) is 26.1 Å². The van der Waals surface area contributed by atoms with Crippen LogP contribution in [0.4, 0.5) is 5.69 Å². The molecule has 1 heterocycles. The number of hydrogen-bond acceptors (Lipinski definition) is 9. The number of amides is 1. The Hall–Kier alpha value is -2.58. The van der Waals surface area contributed by atoms with Crippen LogP contribution in [0, 0.1) is 0 Å². The number of aliphatic hydroxyl groups is 4. The number of aryl methyl sites for hydroxylation is 1. The highest BCUT2D eigenvalue weighted by Crippen LogP contribution is 2.27. The zero-order valence-electron chi connectivity index (χ0n) is 19.8. The van der Waals surface area contributed by atoms with Crippen molar-refractivity contribution in [2.45, 2.75) is 68.2 Å². The summed E-state index contributed by atoms with van der Waals surface area (Å²) in [5.41, 5.74) is 1.49. The van der Waals surface area contributed by atoms with Crippen molar-refractivity contribution in [3.8, 4) is 5.75 Å². The molecule has 5 atom stereocenters. The van der Waals surface area contributed by atoms with Gasteiger partial charge in [0.05, 0.1) is 11.5 Å². The lowest BCUT2D eigenvalue weighted by Gasteiger charge is -2.39. The molecule has 0 bridgehead atoms. The molecule has 3 unspecified atom stereocenters. The summed E-state index contributed by atoms with van der Waals surface area (Å²) in [5, 5.41) is 41.7. The summed E-state index contributed by atoms with van der Waals surface area (Å²) in [6.45, 7) is 3.02. The van der Waals surface area contributed by atoms with Crippen molar-refractivity contribution in [1.29, 1.82) is 0 Å². The van der Waals surface area contributed by atoms with E-state index in [1.165, 1.54) is 6.07 Å². The molecule has 0 saturated carbocycles. The Morgan fingerprint density at radius 1 is 1.06 bits per heavy atom. The fraction of sp³-hybridized carbons (Fsp3) is 0.458. The van der Waals surface area contributed by atoms with Crippen LogP contribution in [0.1, 0.15) is 37.3 Å². The molecule has 1 aliphatic rings. The quantitative estimate of drug-likeness (QED) is 0.256. The van der Waals surface area contributed by atoms with Crippen LogP contribution in [0.25, 0.3) is 0 Å². The first kappa shape index (κ1) is 28.0. The number of benzene rings is 2. The highest BCUT2D eigenvalue weighted by Gasteiger charge is 2.44. The van der Waals surface area contributed by atoms with E-state index in [0.29, 0.717) is 17.7 Å². The SMILES string of the molecule is CC(C)c1ccc(NC(=O)CCc2ccc(O[C@@H]3OC(CO)[C@H](O)C(O)C3O)cc2)cc1S(=O)(=O)O. The van der Waals surface area contributed by atoms with E-state index in [-0.39, 0.29) is 28.8 Å². The zero-order valence-corrected chi connectivity index (χ0v) is 20.6. The van der Waals surface area contributed by atoms with Gasteiger partial charge in [-0.1, -0.05) is 32.0 Å². The van der Waals surface area contributed by atoms with Crippen LogP contribution in [0.5, 0.6) is 5.75 Å². The maximum absolute atomic E-state index is 12.4. The lowest BCUT2D eigenvalue weighted by atomic mass is 9.99. The molecule has 1 amide bonds. The molecule has 0 spiro atoms. The molecule has 1 saturated heterocycles. The van der Waals surface area contributed by atoms with Gasteiger partial charge in [-0.15, -0.1) is 0 Å². The zero-order chi connectivity index (χ0) is 26.6. The van der Waals surface area contributed by atoms with Crippen molar-refractivity contribution in [3.05, 3.63) is 53.6 Å². The van der Waals surface area contributed by atoms with Crippen molar-refractivity contribution in [2.75, 3.05) is 11.9 Å². The van der Waals surface area contributed by atoms with E-state index in [4.69, 9.17) is 9.47 Å². The summed E-state index contributed by atoms with van der Waals surface area (Å²) in [7, 11) is -4.45. The molecule has 0 aliphatic carbocycles. The van der Waals surface area contributed by atoms with Gasteiger partial charge in [0.15, 0.2) is 0 Å². The summed E-state index contributed by atoms with van der Waals surface area (Å²) in [6.07, 6.45) is -6.48. The fourth-order valence-electron chi connectivity index (χ4n) is 3.83. The van der Waals surface area contributed by atoms with Crippen LogP contribution >= 0.6 is 0 Å². The molecule has 198 valence electrons. The predicted octanol–water partition coefficient (Wildman–Crippen LogP) is 0.807. The smallest absolute Gasteiger partial charge is 0.294 e. The van der Waals surface area contributed by atoms with Crippen LogP contribution in [0.15, 0.2) is 47.4 Å². The van der Waals surface area contributed by atoms with Crippen LogP contribution in [0.2, 0.25) is 0 Å². The van der Waals surface area contributed by atoms with E-state index < -0.39 is 47.4 Å². The number of nitrogens with one attached hydrogen (secondary N) is 1. The molecule has 3 rings (SSSR count). The first-order valence-electron chi connectivity index (χ1n) is 11.4. The molecule has 11 nitrogen and oxygen atoms in total. The van der Waals surface area contributed by atoms with Gasteiger partial charge in [0.2, 0.25) is 12.2 Å². The first-order chi connectivity index (χ1) is 16.9. The lowest BCUT2D eigenvalue weighted by molar-refractivity contribution is -0.277. The molecule has 0 aromatic heterocycles. The number of anilines is 1. The van der Waals surface area contributed by atoms with Gasteiger partial charge in [0, 0.05) is 12.1 Å². The monoisotopic (exact) mass is 525 g/mol. The van der Waals surface area contributed by atoms with Crippen molar-refractivity contribution < 1.29 is 47.7 Å². The van der Waals surface area contributed by atoms with Gasteiger partial charge in [-0.25, -0.2) is 0 Å².